The van der Waals surface area contributed by atoms with Gasteiger partial charge in [0.2, 0.25) is 5.91 Å². The van der Waals surface area contributed by atoms with E-state index < -0.39 is 17.8 Å². The summed E-state index contributed by atoms with van der Waals surface area (Å²) in [5, 5.41) is 5.95. The third-order valence-corrected chi connectivity index (χ3v) is 4.51. The van der Waals surface area contributed by atoms with Crippen LogP contribution in [0.1, 0.15) is 48.7 Å². The minimum atomic E-state index is -4.64. The zero-order valence-corrected chi connectivity index (χ0v) is 14.2. The van der Waals surface area contributed by atoms with Gasteiger partial charge in [-0.15, -0.1) is 0 Å². The van der Waals surface area contributed by atoms with Gasteiger partial charge in [0.05, 0.1) is 16.8 Å². The molecule has 0 saturated heterocycles. The van der Waals surface area contributed by atoms with Crippen LogP contribution in [0.15, 0.2) is 30.3 Å². The highest BCUT2D eigenvalue weighted by Gasteiger charge is 2.42. The number of carbonyl (C=O) groups is 1. The Hall–Kier alpha value is -2.02. The van der Waals surface area contributed by atoms with Gasteiger partial charge in [0.15, 0.2) is 5.69 Å². The molecule has 25 heavy (non-hydrogen) atoms. The number of benzene rings is 1. The molecule has 1 atom stereocenters. The third kappa shape index (κ3) is 3.98. The minimum Gasteiger partial charge on any atom is -0.348 e. The van der Waals surface area contributed by atoms with E-state index in [4.69, 9.17) is 11.6 Å². The zero-order valence-electron chi connectivity index (χ0n) is 13.5. The molecule has 1 unspecified atom stereocenters. The first-order chi connectivity index (χ1) is 11.8. The van der Waals surface area contributed by atoms with Gasteiger partial charge in [-0.2, -0.15) is 18.3 Å². The Kier molecular flexibility index (Phi) is 4.77. The van der Waals surface area contributed by atoms with E-state index in [1.165, 1.54) is 0 Å². The quantitative estimate of drug-likeness (QED) is 0.851. The Balaban J connectivity index is 1.77. The molecule has 4 nitrogen and oxygen atoms in total. The average molecular weight is 372 g/mol. The largest absolute Gasteiger partial charge is 0.436 e. The standard InChI is InChI=1S/C17H17ClF3N3O/c1-10(11-5-3-2-4-6-11)22-13(25)9-24-15(12-7-8-12)14(18)16(23-24)17(19,20)21/h2-6,10,12H,7-9H2,1H3,(H,22,25). The van der Waals surface area contributed by atoms with E-state index in [9.17, 15) is 18.0 Å². The molecule has 134 valence electrons. The van der Waals surface area contributed by atoms with Crippen LogP contribution in [0.25, 0.3) is 0 Å². The molecule has 0 bridgehead atoms. The second-order valence-corrected chi connectivity index (χ2v) is 6.56. The Morgan fingerprint density at radius 2 is 2.00 bits per heavy atom. The fourth-order valence-corrected chi connectivity index (χ4v) is 3.15. The number of amides is 1. The number of aromatic nitrogens is 2. The predicted octanol–water partition coefficient (Wildman–Crippen LogP) is 4.31. The molecule has 1 saturated carbocycles. The van der Waals surface area contributed by atoms with Crippen LogP contribution in [0.3, 0.4) is 0 Å². The molecule has 0 aliphatic heterocycles. The molecule has 1 aromatic carbocycles. The van der Waals surface area contributed by atoms with Crippen LogP contribution in [0.4, 0.5) is 13.2 Å². The van der Waals surface area contributed by atoms with Crippen molar-refractivity contribution in [2.45, 2.75) is 44.4 Å². The van der Waals surface area contributed by atoms with Crippen molar-refractivity contribution in [1.29, 1.82) is 0 Å². The molecule has 1 aliphatic carbocycles. The van der Waals surface area contributed by atoms with Gasteiger partial charge in [-0.25, -0.2) is 0 Å². The van der Waals surface area contributed by atoms with Crippen LogP contribution in [-0.2, 0) is 17.5 Å². The second-order valence-electron chi connectivity index (χ2n) is 6.18. The molecule has 1 amide bonds. The van der Waals surface area contributed by atoms with E-state index in [1.807, 2.05) is 37.3 Å². The maximum atomic E-state index is 13.0. The van der Waals surface area contributed by atoms with E-state index in [1.54, 1.807) is 0 Å². The predicted molar refractivity (Wildman–Crippen MR) is 87.2 cm³/mol. The first kappa shape index (κ1) is 17.8. The molecule has 2 aromatic rings. The van der Waals surface area contributed by atoms with Gasteiger partial charge in [-0.3, -0.25) is 9.48 Å². The highest BCUT2D eigenvalue weighted by atomic mass is 35.5. The summed E-state index contributed by atoms with van der Waals surface area (Å²) in [7, 11) is 0. The van der Waals surface area contributed by atoms with Gasteiger partial charge in [0.1, 0.15) is 6.54 Å². The molecule has 1 N–H and O–H groups in total. The molecule has 8 heteroatoms. The van der Waals surface area contributed by atoms with Crippen molar-refractivity contribution in [3.8, 4) is 0 Å². The molecule has 1 heterocycles. The van der Waals surface area contributed by atoms with Crippen molar-refractivity contribution in [2.24, 2.45) is 0 Å². The molecule has 0 spiro atoms. The summed E-state index contributed by atoms with van der Waals surface area (Å²) >= 11 is 5.90. The fourth-order valence-electron chi connectivity index (χ4n) is 2.75. The first-order valence-corrected chi connectivity index (χ1v) is 8.33. The Morgan fingerprint density at radius 1 is 1.36 bits per heavy atom. The third-order valence-electron chi connectivity index (χ3n) is 4.13. The van der Waals surface area contributed by atoms with Crippen molar-refractivity contribution in [1.82, 2.24) is 15.1 Å². The number of alkyl halides is 3. The molecule has 0 radical (unpaired) electrons. The minimum absolute atomic E-state index is 0.0598. The zero-order chi connectivity index (χ0) is 18.2. The number of rotatable bonds is 5. The van der Waals surface area contributed by atoms with Crippen LogP contribution in [0.2, 0.25) is 5.02 Å². The van der Waals surface area contributed by atoms with E-state index >= 15 is 0 Å². The summed E-state index contributed by atoms with van der Waals surface area (Å²) < 4.78 is 40.2. The van der Waals surface area contributed by atoms with Crippen molar-refractivity contribution < 1.29 is 18.0 Å². The lowest BCUT2D eigenvalue weighted by atomic mass is 10.1. The van der Waals surface area contributed by atoms with Crippen LogP contribution in [0.5, 0.6) is 0 Å². The number of nitrogens with zero attached hydrogens (tertiary/aromatic N) is 2. The van der Waals surface area contributed by atoms with E-state index in [2.05, 4.69) is 10.4 Å². The van der Waals surface area contributed by atoms with Crippen molar-refractivity contribution >= 4 is 17.5 Å². The summed E-state index contributed by atoms with van der Waals surface area (Å²) in [6, 6.07) is 9.05. The summed E-state index contributed by atoms with van der Waals surface area (Å²) in [5.74, 6) is -0.471. The highest BCUT2D eigenvalue weighted by molar-refractivity contribution is 6.32. The number of nitrogens with one attached hydrogen (secondary N) is 1. The lowest BCUT2D eigenvalue weighted by Crippen LogP contribution is -2.31. The van der Waals surface area contributed by atoms with Crippen molar-refractivity contribution in [3.63, 3.8) is 0 Å². The number of carbonyl (C=O) groups excluding carboxylic acids is 1. The van der Waals surface area contributed by atoms with Crippen LogP contribution in [0, 0.1) is 0 Å². The topological polar surface area (TPSA) is 46.9 Å². The van der Waals surface area contributed by atoms with Crippen LogP contribution in [-0.4, -0.2) is 15.7 Å². The molecular formula is C17H17ClF3N3O. The molecule has 1 aromatic heterocycles. The van der Waals surface area contributed by atoms with E-state index in [0.717, 1.165) is 23.1 Å². The van der Waals surface area contributed by atoms with Gasteiger partial charge in [0.25, 0.3) is 0 Å². The highest BCUT2D eigenvalue weighted by Crippen LogP contribution is 2.46. The second kappa shape index (κ2) is 6.71. The van der Waals surface area contributed by atoms with Crippen molar-refractivity contribution in [3.05, 3.63) is 52.3 Å². The van der Waals surface area contributed by atoms with Crippen LogP contribution < -0.4 is 5.32 Å². The lowest BCUT2D eigenvalue weighted by molar-refractivity contribution is -0.141. The van der Waals surface area contributed by atoms with Gasteiger partial charge < -0.3 is 5.32 Å². The molecular weight excluding hydrogens is 355 g/mol. The Labute approximate surface area is 148 Å². The Morgan fingerprint density at radius 3 is 2.56 bits per heavy atom. The van der Waals surface area contributed by atoms with E-state index in [-0.39, 0.29) is 23.5 Å². The average Bonchev–Trinajstić information content (AvgIpc) is 3.31. The number of halogens is 4. The Bertz CT molecular complexity index is 769. The SMILES string of the molecule is CC(NC(=O)Cn1nc(C(F)(F)F)c(Cl)c1C1CC1)c1ccccc1. The van der Waals surface area contributed by atoms with E-state index in [0.29, 0.717) is 5.69 Å². The summed E-state index contributed by atoms with van der Waals surface area (Å²) in [6.07, 6.45) is -3.13. The normalized spacial score (nSPS) is 15.9. The smallest absolute Gasteiger partial charge is 0.348 e. The monoisotopic (exact) mass is 371 g/mol. The van der Waals surface area contributed by atoms with Gasteiger partial charge in [0, 0.05) is 5.92 Å². The van der Waals surface area contributed by atoms with Crippen LogP contribution >= 0.6 is 11.6 Å². The van der Waals surface area contributed by atoms with Gasteiger partial charge in [-0.05, 0) is 25.3 Å². The summed E-state index contributed by atoms with van der Waals surface area (Å²) in [4.78, 5) is 12.3. The van der Waals surface area contributed by atoms with Gasteiger partial charge >= 0.3 is 6.18 Å². The number of hydrogen-bond donors (Lipinski definition) is 1. The summed E-state index contributed by atoms with van der Waals surface area (Å²) in [5.41, 5.74) is 0.0872. The van der Waals surface area contributed by atoms with Gasteiger partial charge in [-0.1, -0.05) is 41.9 Å². The molecule has 1 fully saturated rings. The number of hydrogen-bond acceptors (Lipinski definition) is 2. The first-order valence-electron chi connectivity index (χ1n) is 7.95. The van der Waals surface area contributed by atoms with Crippen molar-refractivity contribution in [2.75, 3.05) is 0 Å². The summed E-state index contributed by atoms with van der Waals surface area (Å²) in [6.45, 7) is 1.52. The maximum Gasteiger partial charge on any atom is 0.436 e. The molecule has 1 aliphatic rings. The lowest BCUT2D eigenvalue weighted by Gasteiger charge is -2.15. The maximum absolute atomic E-state index is 13.0. The fraction of sp³-hybridized carbons (Fsp3) is 0.412. The molecule has 3 rings (SSSR count).